The van der Waals surface area contributed by atoms with Crippen molar-refractivity contribution in [2.45, 2.75) is 46.4 Å². The van der Waals surface area contributed by atoms with E-state index in [1.165, 1.54) is 0 Å². The molecule has 0 saturated heterocycles. The Morgan fingerprint density at radius 2 is 2.00 bits per heavy atom. The monoisotopic (exact) mass is 291 g/mol. The number of furan rings is 1. The molecule has 1 heterocycles. The summed E-state index contributed by atoms with van der Waals surface area (Å²) in [6.45, 7) is 8.93. The average Bonchev–Trinajstić information content (AvgIpc) is 2.85. The highest BCUT2D eigenvalue weighted by molar-refractivity contribution is 5.30. The third-order valence-corrected chi connectivity index (χ3v) is 3.16. The van der Waals surface area contributed by atoms with E-state index in [9.17, 15) is 4.39 Å². The van der Waals surface area contributed by atoms with Gasteiger partial charge in [-0.3, -0.25) is 0 Å². The fourth-order valence-electron chi connectivity index (χ4n) is 1.89. The molecule has 3 nitrogen and oxygen atoms in total. The summed E-state index contributed by atoms with van der Waals surface area (Å²) in [6, 6.07) is 7.02. The minimum Gasteiger partial charge on any atom is -0.483 e. The molecule has 2 rings (SSSR count). The largest absolute Gasteiger partial charge is 0.483 e. The maximum absolute atomic E-state index is 13.9. The van der Waals surface area contributed by atoms with Gasteiger partial charge in [0.05, 0.1) is 6.26 Å². The van der Waals surface area contributed by atoms with Gasteiger partial charge in [0, 0.05) is 17.6 Å². The fraction of sp³-hybridized carbons (Fsp3) is 0.412. The lowest BCUT2D eigenvalue weighted by Gasteiger charge is -2.20. The smallest absolute Gasteiger partial charge is 0.167 e. The summed E-state index contributed by atoms with van der Waals surface area (Å²) >= 11 is 0. The molecule has 0 fully saturated rings. The average molecular weight is 291 g/mol. The first-order valence-corrected chi connectivity index (χ1v) is 7.05. The summed E-state index contributed by atoms with van der Waals surface area (Å²) in [5, 5.41) is 3.39. The van der Waals surface area contributed by atoms with E-state index in [1.807, 2.05) is 6.07 Å². The minimum atomic E-state index is -0.321. The quantitative estimate of drug-likeness (QED) is 0.896. The van der Waals surface area contributed by atoms with Crippen LogP contribution in [0.4, 0.5) is 4.39 Å². The van der Waals surface area contributed by atoms with Gasteiger partial charge in [-0.2, -0.15) is 0 Å². The number of ether oxygens (including phenoxy) is 1. The van der Waals surface area contributed by atoms with Crippen LogP contribution >= 0.6 is 0 Å². The number of halogens is 1. The molecular weight excluding hydrogens is 269 g/mol. The van der Waals surface area contributed by atoms with Gasteiger partial charge in [-0.05, 0) is 45.4 Å². The number of rotatable bonds is 5. The van der Waals surface area contributed by atoms with E-state index in [2.05, 4.69) is 26.1 Å². The molecule has 1 aromatic heterocycles. The van der Waals surface area contributed by atoms with Crippen molar-refractivity contribution in [1.29, 1.82) is 0 Å². The Bertz CT molecular complexity index is 599. The number of benzene rings is 1. The predicted molar refractivity (Wildman–Crippen MR) is 80.8 cm³/mol. The first-order valence-electron chi connectivity index (χ1n) is 7.05. The zero-order chi connectivity index (χ0) is 15.5. The van der Waals surface area contributed by atoms with Gasteiger partial charge in [0.15, 0.2) is 11.6 Å². The molecule has 0 amide bonds. The van der Waals surface area contributed by atoms with Crippen molar-refractivity contribution in [3.8, 4) is 5.75 Å². The van der Waals surface area contributed by atoms with Gasteiger partial charge in [0.1, 0.15) is 12.4 Å². The molecule has 0 saturated carbocycles. The van der Waals surface area contributed by atoms with Crippen molar-refractivity contribution in [1.82, 2.24) is 5.32 Å². The second kappa shape index (κ2) is 6.31. The van der Waals surface area contributed by atoms with E-state index >= 15 is 0 Å². The lowest BCUT2D eigenvalue weighted by molar-refractivity contribution is 0.255. The van der Waals surface area contributed by atoms with Crippen LogP contribution in [0.2, 0.25) is 0 Å². The topological polar surface area (TPSA) is 34.4 Å². The van der Waals surface area contributed by atoms with Crippen molar-refractivity contribution < 1.29 is 13.5 Å². The van der Waals surface area contributed by atoms with Gasteiger partial charge in [-0.15, -0.1) is 0 Å². The van der Waals surface area contributed by atoms with Gasteiger partial charge >= 0.3 is 0 Å². The third-order valence-electron chi connectivity index (χ3n) is 3.16. The summed E-state index contributed by atoms with van der Waals surface area (Å²) in [5.41, 5.74) is 1.62. The highest BCUT2D eigenvalue weighted by atomic mass is 19.1. The van der Waals surface area contributed by atoms with Crippen LogP contribution in [0.3, 0.4) is 0 Å². The Morgan fingerprint density at radius 1 is 1.24 bits per heavy atom. The maximum atomic E-state index is 13.9. The molecule has 0 atom stereocenters. The molecule has 0 aliphatic rings. The standard InChI is InChI=1S/C17H22FNO2/c1-12-6-5-7-14(16(12)18)21-11-15-13(8-9-20-15)10-19-17(2,3)4/h5-9,19H,10-11H2,1-4H3. The summed E-state index contributed by atoms with van der Waals surface area (Å²) in [4.78, 5) is 0. The normalized spacial score (nSPS) is 11.7. The molecular formula is C17H22FNO2. The van der Waals surface area contributed by atoms with Crippen LogP contribution in [0.25, 0.3) is 0 Å². The van der Waals surface area contributed by atoms with Crippen molar-refractivity contribution in [2.24, 2.45) is 0 Å². The summed E-state index contributed by atoms with van der Waals surface area (Å²) < 4.78 is 24.8. The molecule has 0 spiro atoms. The second-order valence-corrected chi connectivity index (χ2v) is 6.15. The highest BCUT2D eigenvalue weighted by Crippen LogP contribution is 2.22. The van der Waals surface area contributed by atoms with Gasteiger partial charge in [0.2, 0.25) is 0 Å². The van der Waals surface area contributed by atoms with Gasteiger partial charge in [-0.1, -0.05) is 12.1 Å². The van der Waals surface area contributed by atoms with Crippen molar-refractivity contribution in [2.75, 3.05) is 0 Å². The van der Waals surface area contributed by atoms with Gasteiger partial charge in [0.25, 0.3) is 0 Å². The first-order chi connectivity index (χ1) is 9.87. The Kier molecular flexibility index (Phi) is 4.68. The molecule has 0 aliphatic carbocycles. The van der Waals surface area contributed by atoms with Crippen molar-refractivity contribution in [3.05, 3.63) is 53.2 Å². The zero-order valence-electron chi connectivity index (χ0n) is 13.0. The van der Waals surface area contributed by atoms with E-state index in [1.54, 1.807) is 31.4 Å². The van der Waals surface area contributed by atoms with E-state index in [-0.39, 0.29) is 23.7 Å². The Morgan fingerprint density at radius 3 is 2.71 bits per heavy atom. The van der Waals surface area contributed by atoms with Gasteiger partial charge in [-0.25, -0.2) is 4.39 Å². The molecule has 0 bridgehead atoms. The van der Waals surface area contributed by atoms with Crippen LogP contribution in [0.5, 0.6) is 5.75 Å². The third kappa shape index (κ3) is 4.33. The van der Waals surface area contributed by atoms with E-state index < -0.39 is 0 Å². The summed E-state index contributed by atoms with van der Waals surface area (Å²) in [6.07, 6.45) is 1.63. The molecule has 21 heavy (non-hydrogen) atoms. The SMILES string of the molecule is Cc1cccc(OCc2occc2CNC(C)(C)C)c1F. The Balaban J connectivity index is 2.01. The van der Waals surface area contributed by atoms with Crippen LogP contribution in [0, 0.1) is 12.7 Å². The summed E-state index contributed by atoms with van der Waals surface area (Å²) in [7, 11) is 0. The molecule has 1 N–H and O–H groups in total. The van der Waals surface area contributed by atoms with E-state index in [0.29, 0.717) is 17.9 Å². The second-order valence-electron chi connectivity index (χ2n) is 6.15. The minimum absolute atomic E-state index is 0.0258. The Hall–Kier alpha value is -1.81. The number of nitrogens with one attached hydrogen (secondary N) is 1. The molecule has 0 unspecified atom stereocenters. The van der Waals surface area contributed by atoms with E-state index in [0.717, 1.165) is 5.56 Å². The molecule has 0 radical (unpaired) electrons. The molecule has 114 valence electrons. The van der Waals surface area contributed by atoms with Crippen LogP contribution in [-0.4, -0.2) is 5.54 Å². The van der Waals surface area contributed by atoms with Gasteiger partial charge < -0.3 is 14.5 Å². The van der Waals surface area contributed by atoms with Crippen LogP contribution in [0.1, 0.15) is 37.7 Å². The maximum Gasteiger partial charge on any atom is 0.167 e. The number of hydrogen-bond acceptors (Lipinski definition) is 3. The Labute approximate surface area is 125 Å². The predicted octanol–water partition coefficient (Wildman–Crippen LogP) is 4.19. The zero-order valence-corrected chi connectivity index (χ0v) is 13.0. The van der Waals surface area contributed by atoms with Crippen molar-refractivity contribution >= 4 is 0 Å². The van der Waals surface area contributed by atoms with Crippen molar-refractivity contribution in [3.63, 3.8) is 0 Å². The molecule has 4 heteroatoms. The van der Waals surface area contributed by atoms with Crippen LogP contribution in [0.15, 0.2) is 34.9 Å². The molecule has 0 aliphatic heterocycles. The highest BCUT2D eigenvalue weighted by Gasteiger charge is 2.13. The molecule has 2 aromatic rings. The number of aryl methyl sites for hydroxylation is 1. The lowest BCUT2D eigenvalue weighted by Crippen LogP contribution is -2.35. The first kappa shape index (κ1) is 15.6. The van der Waals surface area contributed by atoms with Crippen LogP contribution < -0.4 is 10.1 Å². The van der Waals surface area contributed by atoms with E-state index in [4.69, 9.17) is 9.15 Å². The fourth-order valence-corrected chi connectivity index (χ4v) is 1.89. The number of hydrogen-bond donors (Lipinski definition) is 1. The molecule has 1 aromatic carbocycles. The lowest BCUT2D eigenvalue weighted by atomic mass is 10.1. The summed E-state index contributed by atoms with van der Waals surface area (Å²) in [5.74, 6) is 0.646. The van der Waals surface area contributed by atoms with Crippen LogP contribution in [-0.2, 0) is 13.2 Å².